The van der Waals surface area contributed by atoms with Gasteiger partial charge in [-0.1, -0.05) is 19.3 Å². The molecule has 0 radical (unpaired) electrons. The van der Waals surface area contributed by atoms with Crippen LogP contribution < -0.4 is 0 Å². The van der Waals surface area contributed by atoms with E-state index in [1.807, 2.05) is 32.5 Å². The smallest absolute Gasteiger partial charge is 0.410 e. The number of methoxy groups -OCH3 is 1. The molecule has 1 amide bonds. The van der Waals surface area contributed by atoms with Gasteiger partial charge in [-0.15, -0.1) is 0 Å². The molecular formula is C19H33NO4S. The zero-order chi connectivity index (χ0) is 18.5. The first-order valence-corrected chi connectivity index (χ1v) is 10.5. The summed E-state index contributed by atoms with van der Waals surface area (Å²) in [4.78, 5) is 26.3. The summed E-state index contributed by atoms with van der Waals surface area (Å²) in [5, 5.41) is 0.502. The van der Waals surface area contributed by atoms with Gasteiger partial charge in [0.05, 0.1) is 12.5 Å². The lowest BCUT2D eigenvalue weighted by atomic mass is 9.75. The number of amides is 1. The molecule has 144 valence electrons. The normalized spacial score (nSPS) is 21.7. The van der Waals surface area contributed by atoms with Crippen LogP contribution in [0.4, 0.5) is 4.79 Å². The Bertz CT molecular complexity index is 461. The first-order valence-electron chi connectivity index (χ1n) is 9.44. The van der Waals surface area contributed by atoms with Gasteiger partial charge in [-0.25, -0.2) is 4.79 Å². The van der Waals surface area contributed by atoms with Crippen LogP contribution in [0, 0.1) is 5.41 Å². The third kappa shape index (κ3) is 5.80. The number of nitrogens with zero attached hydrogens (tertiary/aromatic N) is 1. The number of carbonyl (C=O) groups excluding carboxylic acids is 2. The van der Waals surface area contributed by atoms with Crippen molar-refractivity contribution in [3.63, 3.8) is 0 Å². The molecule has 1 saturated carbocycles. The van der Waals surface area contributed by atoms with Crippen molar-refractivity contribution in [1.82, 2.24) is 4.90 Å². The van der Waals surface area contributed by atoms with Gasteiger partial charge in [0.25, 0.3) is 0 Å². The fourth-order valence-electron chi connectivity index (χ4n) is 3.66. The summed E-state index contributed by atoms with van der Waals surface area (Å²) in [7, 11) is 1.50. The van der Waals surface area contributed by atoms with Crippen LogP contribution in [0.15, 0.2) is 0 Å². The second-order valence-corrected chi connectivity index (χ2v) is 9.60. The van der Waals surface area contributed by atoms with Gasteiger partial charge in [0.2, 0.25) is 0 Å². The van der Waals surface area contributed by atoms with Crippen LogP contribution in [0.1, 0.15) is 65.7 Å². The van der Waals surface area contributed by atoms with Crippen molar-refractivity contribution in [2.75, 3.05) is 26.0 Å². The van der Waals surface area contributed by atoms with E-state index in [0.29, 0.717) is 5.25 Å². The highest BCUT2D eigenvalue weighted by Crippen LogP contribution is 2.42. The molecular weight excluding hydrogens is 338 g/mol. The largest absolute Gasteiger partial charge is 0.469 e. The van der Waals surface area contributed by atoms with Crippen LogP contribution in [-0.2, 0) is 14.3 Å². The van der Waals surface area contributed by atoms with Crippen molar-refractivity contribution in [2.45, 2.75) is 76.6 Å². The number of ether oxygens (including phenoxy) is 2. The molecule has 6 heteroatoms. The summed E-state index contributed by atoms with van der Waals surface area (Å²) < 4.78 is 10.6. The number of rotatable bonds is 4. The summed E-state index contributed by atoms with van der Waals surface area (Å²) >= 11 is 1.89. The number of esters is 1. The molecule has 2 fully saturated rings. The van der Waals surface area contributed by atoms with Gasteiger partial charge < -0.3 is 14.4 Å². The Labute approximate surface area is 156 Å². The Kier molecular flexibility index (Phi) is 7.06. The van der Waals surface area contributed by atoms with Gasteiger partial charge in [0.1, 0.15) is 5.60 Å². The average Bonchev–Trinajstić information content (AvgIpc) is 2.59. The molecule has 1 aliphatic carbocycles. The molecule has 25 heavy (non-hydrogen) atoms. The highest BCUT2D eigenvalue weighted by molar-refractivity contribution is 7.99. The number of hydrogen-bond donors (Lipinski definition) is 0. The van der Waals surface area contributed by atoms with Gasteiger partial charge in [-0.2, -0.15) is 11.8 Å². The lowest BCUT2D eigenvalue weighted by Gasteiger charge is -2.37. The van der Waals surface area contributed by atoms with Gasteiger partial charge >= 0.3 is 12.1 Å². The molecule has 2 rings (SSSR count). The SMILES string of the molecule is COC(=O)C1(CSC2CCN(C(=O)OC(C)(C)C)CC2)CCCCC1. The van der Waals surface area contributed by atoms with Crippen molar-refractivity contribution in [2.24, 2.45) is 5.41 Å². The van der Waals surface area contributed by atoms with Gasteiger partial charge in [0, 0.05) is 24.1 Å². The Balaban J connectivity index is 1.81. The number of thioether (sulfide) groups is 1. The molecule has 0 bridgehead atoms. The van der Waals surface area contributed by atoms with Crippen molar-refractivity contribution < 1.29 is 19.1 Å². The van der Waals surface area contributed by atoms with E-state index in [2.05, 4.69) is 0 Å². The van der Waals surface area contributed by atoms with Crippen LogP contribution in [0.5, 0.6) is 0 Å². The van der Waals surface area contributed by atoms with Crippen LogP contribution in [-0.4, -0.2) is 53.8 Å². The lowest BCUT2D eigenvalue weighted by Crippen LogP contribution is -2.43. The number of carbonyl (C=O) groups is 2. The molecule has 0 aromatic rings. The van der Waals surface area contributed by atoms with Crippen LogP contribution in [0.2, 0.25) is 0 Å². The molecule has 0 unspecified atom stereocenters. The van der Waals surface area contributed by atoms with Crippen molar-refractivity contribution in [3.05, 3.63) is 0 Å². The Morgan fingerprint density at radius 3 is 2.24 bits per heavy atom. The number of likely N-dealkylation sites (tertiary alicyclic amines) is 1. The topological polar surface area (TPSA) is 55.8 Å². The zero-order valence-electron chi connectivity index (χ0n) is 16.1. The third-order valence-electron chi connectivity index (χ3n) is 5.12. The van der Waals surface area contributed by atoms with E-state index in [0.717, 1.165) is 57.4 Å². The minimum atomic E-state index is -0.448. The molecule has 2 aliphatic rings. The van der Waals surface area contributed by atoms with Gasteiger partial charge in [-0.3, -0.25) is 4.79 Å². The molecule has 0 N–H and O–H groups in total. The maximum Gasteiger partial charge on any atom is 0.410 e. The molecule has 1 aliphatic heterocycles. The first kappa shape index (κ1) is 20.4. The molecule has 0 atom stereocenters. The molecule has 5 nitrogen and oxygen atoms in total. The van der Waals surface area contributed by atoms with E-state index in [1.165, 1.54) is 13.5 Å². The summed E-state index contributed by atoms with van der Waals surface area (Å²) in [6.45, 7) is 7.15. The monoisotopic (exact) mass is 371 g/mol. The van der Waals surface area contributed by atoms with E-state index in [4.69, 9.17) is 9.47 Å². The fourth-order valence-corrected chi connectivity index (χ4v) is 5.17. The molecule has 0 spiro atoms. The highest BCUT2D eigenvalue weighted by atomic mass is 32.2. The predicted molar refractivity (Wildman–Crippen MR) is 101 cm³/mol. The van der Waals surface area contributed by atoms with Crippen LogP contribution in [0.3, 0.4) is 0 Å². The Morgan fingerprint density at radius 1 is 1.12 bits per heavy atom. The summed E-state index contributed by atoms with van der Waals surface area (Å²) in [5.74, 6) is 0.808. The van der Waals surface area contributed by atoms with E-state index < -0.39 is 5.60 Å². The quantitative estimate of drug-likeness (QED) is 0.692. The second kappa shape index (κ2) is 8.65. The Hall–Kier alpha value is -0.910. The maximum absolute atomic E-state index is 12.3. The predicted octanol–water partition coefficient (Wildman–Crippen LogP) is 4.24. The van der Waals surface area contributed by atoms with Crippen molar-refractivity contribution in [3.8, 4) is 0 Å². The third-order valence-corrected chi connectivity index (χ3v) is 6.78. The summed E-state index contributed by atoms with van der Waals surface area (Å²) in [6, 6.07) is 0. The average molecular weight is 372 g/mol. The highest BCUT2D eigenvalue weighted by Gasteiger charge is 2.41. The standard InChI is InChI=1S/C19H33NO4S/c1-18(2,3)24-17(22)20-12-8-15(9-13-20)25-14-19(16(21)23-4)10-6-5-7-11-19/h15H,5-14H2,1-4H3. The maximum atomic E-state index is 12.3. The minimum Gasteiger partial charge on any atom is -0.469 e. The lowest BCUT2D eigenvalue weighted by molar-refractivity contribution is -0.153. The summed E-state index contributed by atoms with van der Waals surface area (Å²) in [6.07, 6.45) is 7.06. The van der Waals surface area contributed by atoms with E-state index >= 15 is 0 Å². The van der Waals surface area contributed by atoms with Crippen molar-refractivity contribution in [1.29, 1.82) is 0 Å². The van der Waals surface area contributed by atoms with Gasteiger partial charge in [-0.05, 0) is 46.5 Å². The summed E-state index contributed by atoms with van der Waals surface area (Å²) in [5.41, 5.74) is -0.740. The second-order valence-electron chi connectivity index (χ2n) is 8.31. The zero-order valence-corrected chi connectivity index (χ0v) is 17.0. The Morgan fingerprint density at radius 2 is 1.72 bits per heavy atom. The van der Waals surface area contributed by atoms with E-state index in [9.17, 15) is 9.59 Å². The number of hydrogen-bond acceptors (Lipinski definition) is 5. The first-order chi connectivity index (χ1) is 11.8. The molecule has 1 saturated heterocycles. The number of piperidine rings is 1. The van der Waals surface area contributed by atoms with Crippen LogP contribution >= 0.6 is 11.8 Å². The molecule has 1 heterocycles. The van der Waals surface area contributed by atoms with Crippen molar-refractivity contribution >= 4 is 23.8 Å². The fraction of sp³-hybridized carbons (Fsp3) is 0.895. The van der Waals surface area contributed by atoms with Crippen LogP contribution in [0.25, 0.3) is 0 Å². The van der Waals surface area contributed by atoms with E-state index in [1.54, 1.807) is 4.90 Å². The molecule has 0 aromatic heterocycles. The minimum absolute atomic E-state index is 0.0362. The molecule has 0 aromatic carbocycles. The van der Waals surface area contributed by atoms with E-state index in [-0.39, 0.29) is 17.5 Å². The van der Waals surface area contributed by atoms with Gasteiger partial charge in [0.15, 0.2) is 0 Å².